The fourth-order valence-corrected chi connectivity index (χ4v) is 10.8. The molecular formula is C55H71N7O11. The number of benzene rings is 2. The van der Waals surface area contributed by atoms with Crippen LogP contribution in [0.5, 0.6) is 17.2 Å². The van der Waals surface area contributed by atoms with Gasteiger partial charge in [0.2, 0.25) is 5.91 Å². The number of nitrogens with one attached hydrogen (secondary N) is 1. The zero-order valence-corrected chi connectivity index (χ0v) is 43.3. The number of ether oxygens (including phenoxy) is 3. The van der Waals surface area contributed by atoms with E-state index in [-0.39, 0.29) is 68.4 Å². The first kappa shape index (κ1) is 52.9. The molecule has 0 radical (unpaired) electrons. The van der Waals surface area contributed by atoms with Crippen LogP contribution in [0.15, 0.2) is 70.5 Å². The van der Waals surface area contributed by atoms with Crippen LogP contribution < -0.4 is 25.7 Å². The number of allylic oxidation sites excluding steroid dienone is 3. The molecule has 6 aliphatic rings. The average molecular weight is 1010 g/mol. The van der Waals surface area contributed by atoms with Crippen LogP contribution in [0.3, 0.4) is 0 Å². The molecule has 9 rings (SSSR count). The third kappa shape index (κ3) is 10.8. The molecule has 392 valence electrons. The van der Waals surface area contributed by atoms with E-state index in [2.05, 4.69) is 38.9 Å². The molecular weight excluding hydrogens is 935 g/mol. The van der Waals surface area contributed by atoms with E-state index in [0.717, 1.165) is 12.4 Å². The van der Waals surface area contributed by atoms with Gasteiger partial charge in [-0.05, 0) is 57.2 Å². The van der Waals surface area contributed by atoms with Crippen molar-refractivity contribution in [2.24, 2.45) is 33.7 Å². The number of fused-ring (bicyclic) bond motifs is 13. The second kappa shape index (κ2) is 21.6. The van der Waals surface area contributed by atoms with E-state index >= 15 is 0 Å². The molecule has 2 fully saturated rings. The Morgan fingerprint density at radius 2 is 1.70 bits per heavy atom. The number of hydrogen-bond acceptors (Lipinski definition) is 16. The number of likely N-dealkylation sites (tertiary alicyclic amines) is 1. The van der Waals surface area contributed by atoms with Gasteiger partial charge in [-0.3, -0.25) is 24.2 Å². The molecule has 18 nitrogen and oxygen atoms in total. The molecule has 0 saturated carbocycles. The van der Waals surface area contributed by atoms with Crippen molar-refractivity contribution in [1.82, 2.24) is 14.8 Å². The number of aliphatic hydroxyl groups is 2. The molecule has 2 amide bonds. The minimum Gasteiger partial charge on any atom is -0.507 e. The number of ketones is 1. The molecule has 7 atom stereocenters. The molecule has 7 heterocycles. The van der Waals surface area contributed by atoms with Gasteiger partial charge in [-0.15, -0.1) is 0 Å². The summed E-state index contributed by atoms with van der Waals surface area (Å²) in [4.78, 5) is 76.2. The number of pyridine rings is 1. The number of aromatic hydroxyl groups is 2. The van der Waals surface area contributed by atoms with Crippen molar-refractivity contribution in [2.45, 2.75) is 124 Å². The topological polar surface area (TPSA) is 236 Å². The first-order chi connectivity index (χ1) is 34.7. The van der Waals surface area contributed by atoms with Crippen LogP contribution in [0.25, 0.3) is 10.8 Å². The van der Waals surface area contributed by atoms with Crippen LogP contribution in [0.4, 0.5) is 11.5 Å². The van der Waals surface area contributed by atoms with Crippen molar-refractivity contribution in [3.8, 4) is 17.2 Å². The molecule has 1 spiro atoms. The maximum absolute atomic E-state index is 14.8. The first-order valence-electron chi connectivity index (χ1n) is 25.7. The van der Waals surface area contributed by atoms with Crippen LogP contribution in [0.2, 0.25) is 0 Å². The van der Waals surface area contributed by atoms with E-state index in [1.54, 1.807) is 63.9 Å². The van der Waals surface area contributed by atoms with Crippen LogP contribution in [-0.4, -0.2) is 134 Å². The summed E-state index contributed by atoms with van der Waals surface area (Å²) in [6, 6.07) is 5.68. The number of rotatable bonds is 6. The zero-order chi connectivity index (χ0) is 52.5. The molecule has 73 heavy (non-hydrogen) atoms. The van der Waals surface area contributed by atoms with Gasteiger partial charge in [0.05, 0.1) is 35.1 Å². The summed E-state index contributed by atoms with van der Waals surface area (Å²) in [5, 5.41) is 51.1. The summed E-state index contributed by atoms with van der Waals surface area (Å²) in [7, 11) is 0. The largest absolute Gasteiger partial charge is 0.507 e. The Morgan fingerprint density at radius 1 is 0.945 bits per heavy atom. The molecule has 6 aliphatic heterocycles. The number of amides is 2. The minimum absolute atomic E-state index is 0.0544. The number of hydrogen-bond donors (Lipinski definition) is 5. The number of nitrogens with zero attached hydrogens (tertiary/aromatic N) is 6. The molecule has 5 bridgehead atoms. The molecule has 18 heteroatoms. The summed E-state index contributed by atoms with van der Waals surface area (Å²) >= 11 is 0. The van der Waals surface area contributed by atoms with Crippen molar-refractivity contribution in [3.63, 3.8) is 0 Å². The SMILES string of the molecule is C/C1=C/C=C/C(C)[C@H](O)[C@@H](C)C(O)[C@@H](C)[C@H](OC(=O)CC(=O)N2CCCN(c3ccccn3)CC2)CC/C=C/O[C@@]2(C)Oc3c(C)c(O)c4c(O)c(c5c(c4c3C2=O)NC2(CCN(CC(C)C)CC2)N=5)=NC1=O. The number of esters is 1. The summed E-state index contributed by atoms with van der Waals surface area (Å²) in [5.41, 5.74) is -0.142. The average Bonchev–Trinajstić information content (AvgIpc) is 3.72. The summed E-state index contributed by atoms with van der Waals surface area (Å²) < 4.78 is 18.5. The lowest BCUT2D eigenvalue weighted by molar-refractivity contribution is -0.159. The van der Waals surface area contributed by atoms with E-state index in [9.17, 15) is 39.6 Å². The standard InChI is InChI=1S/C55H71N7O11/c1-31(2)30-60-24-19-55(20-25-60)58-44-41-42-49(67)36(7)51-43(41)52(69)54(8,73-51)71-28-12-10-17-37(72-40(64)29-39(63)62-23-14-22-61(26-27-62)38-18-9-11-21-56-38)34(5)48(66)35(6)47(65)32(3)15-13-16-33(4)53(70)57-46(50(42)68)45(44)59-55/h9,11-13,15-16,18,21,28,31-32,34-35,37,47-48,58,65-68H,10,14,17,19-20,22-27,29-30H2,1-8H3/b15-13+,28-12+,33-16-,57-46?/t32?,34-,35+,37+,47-,48?,54-/m0/s1. The van der Waals surface area contributed by atoms with Gasteiger partial charge in [0, 0.05) is 106 Å². The van der Waals surface area contributed by atoms with Crippen LogP contribution in [0.1, 0.15) is 103 Å². The molecule has 5 N–H and O–H groups in total. The second-order valence-corrected chi connectivity index (χ2v) is 21.1. The highest BCUT2D eigenvalue weighted by atomic mass is 16.7. The lowest BCUT2D eigenvalue weighted by Gasteiger charge is -2.38. The Balaban J connectivity index is 1.11. The number of aliphatic hydroxyl groups excluding tert-OH is 2. The number of aromatic nitrogens is 1. The van der Waals surface area contributed by atoms with Gasteiger partial charge in [0.15, 0.2) is 5.75 Å². The van der Waals surface area contributed by atoms with Crippen molar-refractivity contribution in [1.29, 1.82) is 0 Å². The number of phenolic OH excluding ortho intramolecular Hbond substituents is 2. The first-order valence-corrected chi connectivity index (χ1v) is 25.7. The highest BCUT2D eigenvalue weighted by Gasteiger charge is 2.50. The van der Waals surface area contributed by atoms with Crippen LogP contribution in [0, 0.1) is 30.6 Å². The lowest BCUT2D eigenvalue weighted by atomic mass is 9.81. The Morgan fingerprint density at radius 3 is 2.41 bits per heavy atom. The highest BCUT2D eigenvalue weighted by molar-refractivity contribution is 6.21. The molecule has 3 aromatic rings. The van der Waals surface area contributed by atoms with Gasteiger partial charge in [-0.1, -0.05) is 58.9 Å². The Bertz CT molecular complexity index is 2840. The number of phenols is 2. The van der Waals surface area contributed by atoms with Crippen LogP contribution >= 0.6 is 0 Å². The Labute approximate surface area is 426 Å². The van der Waals surface area contributed by atoms with Crippen molar-refractivity contribution in [3.05, 3.63) is 82.4 Å². The smallest absolute Gasteiger partial charge is 0.315 e. The van der Waals surface area contributed by atoms with Gasteiger partial charge in [-0.25, -0.2) is 9.98 Å². The van der Waals surface area contributed by atoms with E-state index in [4.69, 9.17) is 19.2 Å². The normalized spacial score (nSPS) is 28.6. The third-order valence-electron chi connectivity index (χ3n) is 15.2. The summed E-state index contributed by atoms with van der Waals surface area (Å²) in [6.45, 7) is 18.6. The van der Waals surface area contributed by atoms with Crippen molar-refractivity contribution in [2.75, 3.05) is 56.0 Å². The van der Waals surface area contributed by atoms with E-state index in [0.29, 0.717) is 70.1 Å². The zero-order valence-electron chi connectivity index (χ0n) is 43.3. The molecule has 0 aliphatic carbocycles. The van der Waals surface area contributed by atoms with Gasteiger partial charge in [0.25, 0.3) is 11.7 Å². The van der Waals surface area contributed by atoms with Crippen molar-refractivity contribution >= 4 is 45.8 Å². The minimum atomic E-state index is -1.94. The number of piperidine rings is 1. The number of carbonyl (C=O) groups excluding carboxylic acids is 4. The summed E-state index contributed by atoms with van der Waals surface area (Å²) in [5.74, 6) is -5.89. The molecule has 2 saturated heterocycles. The second-order valence-electron chi connectivity index (χ2n) is 21.1. The van der Waals surface area contributed by atoms with E-state index in [1.807, 2.05) is 18.2 Å². The summed E-state index contributed by atoms with van der Waals surface area (Å²) in [6.07, 6.45) is 8.10. The highest BCUT2D eigenvalue weighted by Crippen LogP contribution is 2.51. The van der Waals surface area contributed by atoms with Crippen molar-refractivity contribution < 1.29 is 53.8 Å². The van der Waals surface area contributed by atoms with Gasteiger partial charge in [-0.2, -0.15) is 0 Å². The van der Waals surface area contributed by atoms with Gasteiger partial charge < -0.3 is 54.7 Å². The maximum Gasteiger partial charge on any atom is 0.315 e. The number of anilines is 2. The Kier molecular flexibility index (Phi) is 15.7. The molecule has 2 unspecified atom stereocenters. The van der Waals surface area contributed by atoms with E-state index < -0.39 is 77.3 Å². The van der Waals surface area contributed by atoms with E-state index in [1.165, 1.54) is 19.3 Å². The number of carbonyl (C=O) groups is 4. The predicted octanol–water partition coefficient (Wildman–Crippen LogP) is 5.38. The maximum atomic E-state index is 14.8. The van der Waals surface area contributed by atoms with Crippen LogP contribution in [-0.2, 0) is 23.9 Å². The number of Topliss-reactive ketones (excluding diaryl/α,β-unsaturated/α-hetero) is 1. The van der Waals surface area contributed by atoms with Gasteiger partial charge in [0.1, 0.15) is 46.2 Å². The third-order valence-corrected chi connectivity index (χ3v) is 15.2. The predicted molar refractivity (Wildman–Crippen MR) is 274 cm³/mol. The Hall–Kier alpha value is -6.37. The lowest BCUT2D eigenvalue weighted by Crippen LogP contribution is -2.47. The fourth-order valence-electron chi connectivity index (χ4n) is 10.8. The van der Waals surface area contributed by atoms with Gasteiger partial charge >= 0.3 is 11.8 Å². The molecule has 1 aromatic heterocycles. The molecule has 2 aromatic carbocycles. The monoisotopic (exact) mass is 1010 g/mol. The quantitative estimate of drug-likeness (QED) is 0.118. The fraction of sp³-hybridized carbons (Fsp3) is 0.545.